The van der Waals surface area contributed by atoms with E-state index in [0.29, 0.717) is 42.3 Å². The summed E-state index contributed by atoms with van der Waals surface area (Å²) in [5.74, 6) is 0.247. The number of esters is 1. The number of hydrogen-bond donors (Lipinski definition) is 1. The van der Waals surface area contributed by atoms with Crippen molar-refractivity contribution >= 4 is 29.2 Å². The van der Waals surface area contributed by atoms with E-state index < -0.39 is 18.5 Å². The molecule has 2 aromatic carbocycles. The Bertz CT molecular complexity index is 1180. The summed E-state index contributed by atoms with van der Waals surface area (Å²) in [5.41, 5.74) is 3.21. The predicted molar refractivity (Wildman–Crippen MR) is 124 cm³/mol. The first-order chi connectivity index (χ1) is 16.4. The molecule has 1 saturated heterocycles. The molecule has 3 aromatic rings. The number of nitrogens with one attached hydrogen (secondary N) is 1. The number of ether oxygens (including phenoxy) is 2. The van der Waals surface area contributed by atoms with Crippen LogP contribution in [0.4, 0.5) is 11.4 Å². The first-order valence-electron chi connectivity index (χ1n) is 10.9. The lowest BCUT2D eigenvalue weighted by Gasteiger charge is -2.16. The molecule has 176 valence electrons. The Morgan fingerprint density at radius 1 is 1.15 bits per heavy atom. The Hall–Kier alpha value is -4.14. The highest BCUT2D eigenvalue weighted by Gasteiger charge is 2.22. The van der Waals surface area contributed by atoms with Gasteiger partial charge in [0.15, 0.2) is 6.61 Å². The lowest BCUT2D eigenvalue weighted by Crippen LogP contribution is -2.24. The average Bonchev–Trinajstić information content (AvgIpc) is 3.41. The molecule has 1 aliphatic rings. The van der Waals surface area contributed by atoms with Crippen molar-refractivity contribution in [1.29, 1.82) is 0 Å². The number of amides is 2. The van der Waals surface area contributed by atoms with Crippen LogP contribution in [-0.2, 0) is 20.9 Å². The quantitative estimate of drug-likeness (QED) is 0.506. The number of carbonyl (C=O) groups is 3. The van der Waals surface area contributed by atoms with Crippen molar-refractivity contribution < 1.29 is 28.4 Å². The fourth-order valence-corrected chi connectivity index (χ4v) is 3.63. The molecule has 9 nitrogen and oxygen atoms in total. The van der Waals surface area contributed by atoms with Crippen molar-refractivity contribution in [3.63, 3.8) is 0 Å². The molecule has 0 atom stereocenters. The minimum absolute atomic E-state index is 0.0672. The summed E-state index contributed by atoms with van der Waals surface area (Å²) in [7, 11) is 0. The van der Waals surface area contributed by atoms with Gasteiger partial charge in [0, 0.05) is 24.3 Å². The van der Waals surface area contributed by atoms with Crippen molar-refractivity contribution in [2.24, 2.45) is 0 Å². The average molecular weight is 463 g/mol. The molecule has 0 saturated carbocycles. The van der Waals surface area contributed by atoms with Crippen LogP contribution in [0.25, 0.3) is 0 Å². The number of hydrogen-bond acceptors (Lipinski definition) is 7. The number of aromatic nitrogens is 1. The molecular weight excluding hydrogens is 438 g/mol. The topological polar surface area (TPSA) is 111 Å². The highest BCUT2D eigenvalue weighted by Crippen LogP contribution is 2.24. The SMILES string of the molecule is Cc1noc(C)c1COc1ccc(C(=O)OCC(=O)Nc2cccc(N3CCCC3=O)c2)cc1. The maximum Gasteiger partial charge on any atom is 0.338 e. The van der Waals surface area contributed by atoms with Crippen LogP contribution in [-0.4, -0.2) is 36.1 Å². The van der Waals surface area contributed by atoms with Gasteiger partial charge in [-0.1, -0.05) is 11.2 Å². The zero-order chi connectivity index (χ0) is 24.1. The van der Waals surface area contributed by atoms with Crippen LogP contribution >= 0.6 is 0 Å². The monoisotopic (exact) mass is 463 g/mol. The van der Waals surface area contributed by atoms with E-state index in [0.717, 1.165) is 23.4 Å². The van der Waals surface area contributed by atoms with E-state index >= 15 is 0 Å². The zero-order valence-electron chi connectivity index (χ0n) is 19.0. The number of anilines is 2. The second kappa shape index (κ2) is 10.2. The molecule has 4 rings (SSSR count). The summed E-state index contributed by atoms with van der Waals surface area (Å²) in [6, 6.07) is 13.5. The van der Waals surface area contributed by atoms with Gasteiger partial charge in [0.1, 0.15) is 18.1 Å². The summed E-state index contributed by atoms with van der Waals surface area (Å²) in [6.07, 6.45) is 1.35. The maximum atomic E-state index is 12.3. The third kappa shape index (κ3) is 5.43. The van der Waals surface area contributed by atoms with E-state index in [1.54, 1.807) is 47.4 Å². The Kier molecular flexibility index (Phi) is 6.91. The summed E-state index contributed by atoms with van der Waals surface area (Å²) < 4.78 is 16.0. The maximum absolute atomic E-state index is 12.3. The second-order valence-corrected chi connectivity index (χ2v) is 7.94. The minimum Gasteiger partial charge on any atom is -0.489 e. The lowest BCUT2D eigenvalue weighted by atomic mass is 10.2. The molecule has 0 spiro atoms. The molecule has 1 fully saturated rings. The zero-order valence-corrected chi connectivity index (χ0v) is 19.0. The minimum atomic E-state index is -0.621. The normalized spacial score (nSPS) is 13.1. The molecule has 0 unspecified atom stereocenters. The molecule has 1 aliphatic heterocycles. The first kappa shape index (κ1) is 23.0. The number of rotatable bonds is 8. The van der Waals surface area contributed by atoms with E-state index in [-0.39, 0.29) is 5.91 Å². The van der Waals surface area contributed by atoms with Crippen molar-refractivity contribution in [3.05, 3.63) is 71.1 Å². The number of carbonyl (C=O) groups excluding carboxylic acids is 3. The first-order valence-corrected chi connectivity index (χ1v) is 10.9. The van der Waals surface area contributed by atoms with Crippen molar-refractivity contribution in [2.45, 2.75) is 33.3 Å². The molecule has 0 aliphatic carbocycles. The Balaban J connectivity index is 1.26. The van der Waals surface area contributed by atoms with Gasteiger partial charge in [-0.25, -0.2) is 4.79 Å². The highest BCUT2D eigenvalue weighted by atomic mass is 16.5. The van der Waals surface area contributed by atoms with E-state index in [2.05, 4.69) is 10.5 Å². The molecule has 2 amide bonds. The van der Waals surface area contributed by atoms with Crippen molar-refractivity contribution in [3.8, 4) is 5.75 Å². The third-order valence-electron chi connectivity index (χ3n) is 5.50. The van der Waals surface area contributed by atoms with E-state index in [1.165, 1.54) is 0 Å². The third-order valence-corrected chi connectivity index (χ3v) is 5.50. The van der Waals surface area contributed by atoms with Crippen molar-refractivity contribution in [1.82, 2.24) is 5.16 Å². The van der Waals surface area contributed by atoms with Gasteiger partial charge in [-0.3, -0.25) is 9.59 Å². The molecule has 0 bridgehead atoms. The largest absolute Gasteiger partial charge is 0.489 e. The molecule has 9 heteroatoms. The summed E-state index contributed by atoms with van der Waals surface area (Å²) in [5, 5.41) is 6.58. The summed E-state index contributed by atoms with van der Waals surface area (Å²) in [4.78, 5) is 38.2. The standard InChI is InChI=1S/C25H25N3O6/c1-16-22(17(2)34-27-16)14-32-21-10-8-18(9-11-21)25(31)33-15-23(29)26-19-5-3-6-20(13-19)28-12-4-7-24(28)30/h3,5-6,8-11,13H,4,7,12,14-15H2,1-2H3,(H,26,29). The number of aryl methyl sites for hydroxylation is 2. The smallest absolute Gasteiger partial charge is 0.338 e. The molecule has 34 heavy (non-hydrogen) atoms. The predicted octanol–water partition coefficient (Wildman–Crippen LogP) is 3.79. The van der Waals surface area contributed by atoms with Gasteiger partial charge in [-0.05, 0) is 62.7 Å². The van der Waals surface area contributed by atoms with Gasteiger partial charge in [0.25, 0.3) is 5.91 Å². The van der Waals surface area contributed by atoms with Crippen LogP contribution in [0.15, 0.2) is 53.1 Å². The van der Waals surface area contributed by atoms with Gasteiger partial charge < -0.3 is 24.2 Å². The van der Waals surface area contributed by atoms with Crippen LogP contribution < -0.4 is 15.0 Å². The molecule has 0 radical (unpaired) electrons. The fraction of sp³-hybridized carbons (Fsp3) is 0.280. The Morgan fingerprint density at radius 3 is 2.62 bits per heavy atom. The Labute approximate surface area is 196 Å². The van der Waals surface area contributed by atoms with Gasteiger partial charge >= 0.3 is 5.97 Å². The van der Waals surface area contributed by atoms with Crippen LogP contribution in [0.5, 0.6) is 5.75 Å². The van der Waals surface area contributed by atoms with Crippen LogP contribution in [0.1, 0.15) is 40.2 Å². The summed E-state index contributed by atoms with van der Waals surface area (Å²) >= 11 is 0. The van der Waals surface area contributed by atoms with E-state index in [9.17, 15) is 14.4 Å². The lowest BCUT2D eigenvalue weighted by molar-refractivity contribution is -0.119. The fourth-order valence-electron chi connectivity index (χ4n) is 3.63. The van der Waals surface area contributed by atoms with E-state index in [1.807, 2.05) is 19.9 Å². The molecular formula is C25H25N3O6. The van der Waals surface area contributed by atoms with Gasteiger partial charge in [-0.15, -0.1) is 0 Å². The molecule has 2 heterocycles. The molecule has 1 aromatic heterocycles. The number of benzene rings is 2. The van der Waals surface area contributed by atoms with Crippen LogP contribution in [0.2, 0.25) is 0 Å². The van der Waals surface area contributed by atoms with Crippen LogP contribution in [0.3, 0.4) is 0 Å². The van der Waals surface area contributed by atoms with Gasteiger partial charge in [0.2, 0.25) is 5.91 Å². The van der Waals surface area contributed by atoms with Crippen LogP contribution in [0, 0.1) is 13.8 Å². The number of nitrogens with zero attached hydrogens (tertiary/aromatic N) is 2. The summed E-state index contributed by atoms with van der Waals surface area (Å²) in [6.45, 7) is 4.19. The highest BCUT2D eigenvalue weighted by molar-refractivity contribution is 5.98. The van der Waals surface area contributed by atoms with Gasteiger partial charge in [0.05, 0.1) is 16.8 Å². The van der Waals surface area contributed by atoms with Crippen molar-refractivity contribution in [2.75, 3.05) is 23.4 Å². The Morgan fingerprint density at radius 2 is 1.94 bits per heavy atom. The molecule has 1 N–H and O–H groups in total. The van der Waals surface area contributed by atoms with E-state index in [4.69, 9.17) is 14.0 Å². The van der Waals surface area contributed by atoms with Gasteiger partial charge in [-0.2, -0.15) is 0 Å². The second-order valence-electron chi connectivity index (χ2n) is 7.94.